The van der Waals surface area contributed by atoms with Crippen LogP contribution < -0.4 is 0 Å². The first-order valence-electron chi connectivity index (χ1n) is 5.84. The number of ketones is 1. The van der Waals surface area contributed by atoms with E-state index < -0.39 is 0 Å². The van der Waals surface area contributed by atoms with Crippen LogP contribution in [-0.2, 0) is 9.53 Å². The smallest absolute Gasteiger partial charge is 0.163 e. The summed E-state index contributed by atoms with van der Waals surface area (Å²) >= 11 is 0. The number of ether oxygens (including phenoxy) is 1. The van der Waals surface area contributed by atoms with Gasteiger partial charge in [-0.05, 0) is 24.8 Å². The molecule has 0 atom stereocenters. The van der Waals surface area contributed by atoms with Crippen molar-refractivity contribution in [2.24, 2.45) is 5.41 Å². The molecule has 0 fully saturated rings. The fourth-order valence-electron chi connectivity index (χ4n) is 2.40. The molecule has 0 bridgehead atoms. The minimum Gasteiger partial charge on any atom is -0.487 e. The van der Waals surface area contributed by atoms with E-state index in [9.17, 15) is 4.79 Å². The Morgan fingerprint density at radius 1 is 1.19 bits per heavy atom. The summed E-state index contributed by atoms with van der Waals surface area (Å²) in [7, 11) is 0. The first kappa shape index (κ1) is 11.4. The third-order valence-electron chi connectivity index (χ3n) is 3.57. The zero-order valence-electron chi connectivity index (χ0n) is 10.6. The number of hydrogen-bond acceptors (Lipinski definition) is 2. The quantitative estimate of drug-likeness (QED) is 0.585. The molecule has 0 aromatic heterocycles. The summed E-state index contributed by atoms with van der Waals surface area (Å²) in [4.78, 5) is 12.0. The number of hydrogen-bond donors (Lipinski definition) is 0. The van der Waals surface area contributed by atoms with Gasteiger partial charge in [0.2, 0.25) is 0 Å². The van der Waals surface area contributed by atoms with E-state index in [0.29, 0.717) is 12.8 Å². The monoisotopic (exact) mass is 220 g/mol. The lowest BCUT2D eigenvalue weighted by molar-refractivity contribution is -0.119. The van der Waals surface area contributed by atoms with Gasteiger partial charge in [0.05, 0.1) is 0 Å². The maximum absolute atomic E-state index is 12.0. The zero-order valence-corrected chi connectivity index (χ0v) is 10.6. The van der Waals surface area contributed by atoms with E-state index in [4.69, 9.17) is 4.74 Å². The summed E-state index contributed by atoms with van der Waals surface area (Å²) in [5.74, 6) is 1.14. The number of allylic oxidation sites excluding steroid dienone is 2. The summed E-state index contributed by atoms with van der Waals surface area (Å²) in [6.07, 6.45) is 2.19. The van der Waals surface area contributed by atoms with Crippen molar-refractivity contribution in [2.75, 3.05) is 0 Å². The number of Topliss-reactive ketones (excluding diaryl/α,β-unsaturated/α-hetero) is 1. The molecule has 0 N–H and O–H groups in total. The lowest BCUT2D eigenvalue weighted by atomic mass is 9.73. The third-order valence-corrected chi connectivity index (χ3v) is 3.57. The van der Waals surface area contributed by atoms with Crippen LogP contribution in [0.1, 0.15) is 47.0 Å². The molecule has 0 aromatic rings. The summed E-state index contributed by atoms with van der Waals surface area (Å²) in [6, 6.07) is 0. The van der Waals surface area contributed by atoms with Gasteiger partial charge in [0.1, 0.15) is 11.4 Å². The lowest BCUT2D eigenvalue weighted by Crippen LogP contribution is -2.37. The van der Waals surface area contributed by atoms with E-state index in [1.165, 1.54) is 0 Å². The van der Waals surface area contributed by atoms with Crippen molar-refractivity contribution >= 4 is 5.78 Å². The molecule has 1 heterocycles. The van der Waals surface area contributed by atoms with E-state index in [0.717, 1.165) is 23.3 Å². The SMILES string of the molecule is C=C1CC2=C(CC(C)(C)CC2=O)OC1(C)C. The Kier molecular flexibility index (Phi) is 2.30. The summed E-state index contributed by atoms with van der Waals surface area (Å²) in [5, 5.41) is 0. The van der Waals surface area contributed by atoms with Gasteiger partial charge >= 0.3 is 0 Å². The van der Waals surface area contributed by atoms with Crippen LogP contribution in [0.25, 0.3) is 0 Å². The van der Waals surface area contributed by atoms with Crippen LogP contribution in [0.4, 0.5) is 0 Å². The predicted octanol–water partition coefficient (Wildman–Crippen LogP) is 3.38. The second-order valence-corrected chi connectivity index (χ2v) is 6.24. The highest BCUT2D eigenvalue weighted by Crippen LogP contribution is 2.45. The average Bonchev–Trinajstić information content (AvgIpc) is 2.06. The molecule has 0 aromatic carbocycles. The molecule has 1 aliphatic carbocycles. The fourth-order valence-corrected chi connectivity index (χ4v) is 2.40. The molecule has 2 nitrogen and oxygen atoms in total. The maximum Gasteiger partial charge on any atom is 0.163 e. The Balaban J connectivity index is 2.39. The summed E-state index contributed by atoms with van der Waals surface area (Å²) < 4.78 is 5.96. The van der Waals surface area contributed by atoms with E-state index in [-0.39, 0.29) is 16.8 Å². The van der Waals surface area contributed by atoms with Crippen molar-refractivity contribution in [1.82, 2.24) is 0 Å². The molecule has 0 saturated heterocycles. The van der Waals surface area contributed by atoms with Crippen molar-refractivity contribution in [3.05, 3.63) is 23.5 Å². The number of carbonyl (C=O) groups excluding carboxylic acids is 1. The Labute approximate surface area is 97.4 Å². The van der Waals surface area contributed by atoms with Gasteiger partial charge in [0, 0.05) is 24.8 Å². The number of carbonyl (C=O) groups is 1. The minimum atomic E-state index is -0.327. The van der Waals surface area contributed by atoms with E-state index in [2.05, 4.69) is 20.4 Å². The van der Waals surface area contributed by atoms with Gasteiger partial charge < -0.3 is 4.74 Å². The van der Waals surface area contributed by atoms with Gasteiger partial charge in [-0.1, -0.05) is 20.4 Å². The molecule has 2 aliphatic rings. The molecule has 2 rings (SSSR count). The lowest BCUT2D eigenvalue weighted by Gasteiger charge is -2.41. The van der Waals surface area contributed by atoms with Gasteiger partial charge in [-0.15, -0.1) is 0 Å². The molecule has 0 saturated carbocycles. The van der Waals surface area contributed by atoms with Gasteiger partial charge in [-0.3, -0.25) is 4.79 Å². The maximum atomic E-state index is 12.0. The largest absolute Gasteiger partial charge is 0.487 e. The molecule has 0 amide bonds. The predicted molar refractivity (Wildman–Crippen MR) is 64.0 cm³/mol. The minimum absolute atomic E-state index is 0.0324. The molecule has 1 aliphatic heterocycles. The first-order valence-corrected chi connectivity index (χ1v) is 5.84. The van der Waals surface area contributed by atoms with E-state index >= 15 is 0 Å². The second kappa shape index (κ2) is 3.22. The van der Waals surface area contributed by atoms with Gasteiger partial charge in [-0.25, -0.2) is 0 Å². The summed E-state index contributed by atoms with van der Waals surface area (Å²) in [6.45, 7) is 12.3. The highest BCUT2D eigenvalue weighted by molar-refractivity contribution is 5.97. The standard InChI is InChI=1S/C14H20O2/c1-9-6-10-11(15)7-13(2,3)8-12(10)16-14(9,4)5/h1,6-8H2,2-5H3. The van der Waals surface area contributed by atoms with Crippen LogP contribution in [0.3, 0.4) is 0 Å². The molecule has 0 unspecified atom stereocenters. The molecule has 16 heavy (non-hydrogen) atoms. The molecular weight excluding hydrogens is 200 g/mol. The van der Waals surface area contributed by atoms with Crippen molar-refractivity contribution < 1.29 is 9.53 Å². The topological polar surface area (TPSA) is 26.3 Å². The van der Waals surface area contributed by atoms with Crippen LogP contribution in [0.2, 0.25) is 0 Å². The Morgan fingerprint density at radius 3 is 2.44 bits per heavy atom. The highest BCUT2D eigenvalue weighted by atomic mass is 16.5. The van der Waals surface area contributed by atoms with Crippen LogP contribution in [0, 0.1) is 5.41 Å². The second-order valence-electron chi connectivity index (χ2n) is 6.24. The van der Waals surface area contributed by atoms with Crippen LogP contribution in [0.15, 0.2) is 23.5 Å². The van der Waals surface area contributed by atoms with Gasteiger partial charge in [0.15, 0.2) is 5.78 Å². The van der Waals surface area contributed by atoms with Crippen LogP contribution >= 0.6 is 0 Å². The van der Waals surface area contributed by atoms with Gasteiger partial charge in [0.25, 0.3) is 0 Å². The van der Waals surface area contributed by atoms with E-state index in [1.807, 2.05) is 13.8 Å². The molecule has 88 valence electrons. The highest BCUT2D eigenvalue weighted by Gasteiger charge is 2.40. The molecular formula is C14H20O2. The van der Waals surface area contributed by atoms with Crippen LogP contribution in [0.5, 0.6) is 0 Å². The van der Waals surface area contributed by atoms with Crippen molar-refractivity contribution in [1.29, 1.82) is 0 Å². The molecule has 0 spiro atoms. The Morgan fingerprint density at radius 2 is 1.81 bits per heavy atom. The van der Waals surface area contributed by atoms with E-state index in [1.54, 1.807) is 0 Å². The van der Waals surface area contributed by atoms with Gasteiger partial charge in [-0.2, -0.15) is 0 Å². The average molecular weight is 220 g/mol. The normalized spacial score (nSPS) is 27.5. The number of rotatable bonds is 0. The van der Waals surface area contributed by atoms with Crippen molar-refractivity contribution in [3.63, 3.8) is 0 Å². The Hall–Kier alpha value is -1.05. The third kappa shape index (κ3) is 1.81. The Bertz CT molecular complexity index is 397. The van der Waals surface area contributed by atoms with Crippen LogP contribution in [-0.4, -0.2) is 11.4 Å². The van der Waals surface area contributed by atoms with Crippen molar-refractivity contribution in [2.45, 2.75) is 52.6 Å². The zero-order chi connectivity index (χ0) is 12.1. The fraction of sp³-hybridized carbons (Fsp3) is 0.643. The molecule has 2 heteroatoms. The first-order chi connectivity index (χ1) is 7.21. The summed E-state index contributed by atoms with van der Waals surface area (Å²) in [5.41, 5.74) is 1.57. The van der Waals surface area contributed by atoms with Crippen molar-refractivity contribution in [3.8, 4) is 0 Å². The molecule has 0 radical (unpaired) electrons.